The maximum Gasteiger partial charge on any atom is 0.197 e. The van der Waals surface area contributed by atoms with Crippen molar-refractivity contribution in [3.63, 3.8) is 0 Å². The van der Waals surface area contributed by atoms with Crippen molar-refractivity contribution in [2.75, 3.05) is 6.54 Å². The lowest BCUT2D eigenvalue weighted by molar-refractivity contribution is 0.493. The van der Waals surface area contributed by atoms with E-state index in [1.807, 2.05) is 6.07 Å². The Bertz CT molecular complexity index is 562. The second-order valence-electron chi connectivity index (χ2n) is 5.16. The number of aromatic nitrogens is 2. The summed E-state index contributed by atoms with van der Waals surface area (Å²) in [4.78, 5) is 0. The Morgan fingerprint density at radius 1 is 1.38 bits per heavy atom. The highest BCUT2D eigenvalue weighted by molar-refractivity contribution is 6.29. The molecule has 1 atom stereocenters. The van der Waals surface area contributed by atoms with Crippen molar-refractivity contribution in [3.8, 4) is 0 Å². The maximum absolute atomic E-state index is 6.16. The Hall–Kier alpha value is -1.26. The number of halogens is 1. The van der Waals surface area contributed by atoms with Crippen molar-refractivity contribution in [1.82, 2.24) is 15.1 Å². The summed E-state index contributed by atoms with van der Waals surface area (Å²) < 4.78 is 7.33. The highest BCUT2D eigenvalue weighted by Crippen LogP contribution is 2.27. The van der Waals surface area contributed by atoms with E-state index in [2.05, 4.69) is 41.9 Å². The Morgan fingerprint density at radius 2 is 2.19 bits per heavy atom. The summed E-state index contributed by atoms with van der Waals surface area (Å²) in [6.45, 7) is 8.25. The minimum atomic E-state index is 0.155. The Kier molecular flexibility index (Phi) is 5.88. The average Bonchev–Trinajstić information content (AvgIpc) is 3.09. The Balaban J connectivity index is 2.22. The number of nitrogens with zero attached hydrogens (tertiary/aromatic N) is 2. The van der Waals surface area contributed by atoms with Gasteiger partial charge in [-0.2, -0.15) is 5.10 Å². The molecule has 0 saturated heterocycles. The molecule has 0 spiro atoms. The van der Waals surface area contributed by atoms with Crippen molar-refractivity contribution >= 4 is 11.6 Å². The molecule has 5 heteroatoms. The van der Waals surface area contributed by atoms with Gasteiger partial charge in [-0.05, 0) is 50.0 Å². The third-order valence-electron chi connectivity index (χ3n) is 3.65. The van der Waals surface area contributed by atoms with Crippen LogP contribution in [-0.4, -0.2) is 16.3 Å². The fourth-order valence-corrected chi connectivity index (χ4v) is 2.75. The van der Waals surface area contributed by atoms with Gasteiger partial charge in [0.05, 0.1) is 12.0 Å². The largest absolute Gasteiger partial charge is 0.453 e. The van der Waals surface area contributed by atoms with E-state index < -0.39 is 0 Å². The molecule has 1 N–H and O–H groups in total. The van der Waals surface area contributed by atoms with Crippen molar-refractivity contribution < 1.29 is 4.42 Å². The van der Waals surface area contributed by atoms with E-state index in [9.17, 15) is 0 Å². The predicted molar refractivity (Wildman–Crippen MR) is 85.7 cm³/mol. The SMILES string of the molecule is CCCNC(Cc1cc(CC)nn1CC)c1ccoc1Cl. The van der Waals surface area contributed by atoms with E-state index in [4.69, 9.17) is 16.0 Å². The molecular weight excluding hydrogens is 286 g/mol. The maximum atomic E-state index is 6.16. The molecule has 21 heavy (non-hydrogen) atoms. The molecule has 0 aromatic carbocycles. The first-order valence-electron chi connectivity index (χ1n) is 7.71. The Morgan fingerprint density at radius 3 is 2.76 bits per heavy atom. The minimum absolute atomic E-state index is 0.155. The zero-order valence-electron chi connectivity index (χ0n) is 13.0. The monoisotopic (exact) mass is 309 g/mol. The molecule has 1 unspecified atom stereocenters. The fourth-order valence-electron chi connectivity index (χ4n) is 2.50. The molecule has 0 aliphatic rings. The van der Waals surface area contributed by atoms with Gasteiger partial charge in [-0.1, -0.05) is 13.8 Å². The van der Waals surface area contributed by atoms with Crippen molar-refractivity contribution in [3.05, 3.63) is 40.6 Å². The van der Waals surface area contributed by atoms with Gasteiger partial charge in [-0.3, -0.25) is 4.68 Å². The van der Waals surface area contributed by atoms with Crippen LogP contribution in [0.2, 0.25) is 5.22 Å². The van der Waals surface area contributed by atoms with Gasteiger partial charge in [0, 0.05) is 30.3 Å². The van der Waals surface area contributed by atoms with E-state index in [1.54, 1.807) is 6.26 Å². The van der Waals surface area contributed by atoms with Crippen LogP contribution in [0.1, 0.15) is 50.2 Å². The summed E-state index contributed by atoms with van der Waals surface area (Å²) in [5.41, 5.74) is 3.40. The number of hydrogen-bond acceptors (Lipinski definition) is 3. The van der Waals surface area contributed by atoms with Crippen LogP contribution in [0.15, 0.2) is 22.8 Å². The number of furan rings is 1. The first-order valence-corrected chi connectivity index (χ1v) is 8.09. The summed E-state index contributed by atoms with van der Waals surface area (Å²) in [6, 6.07) is 4.30. The highest BCUT2D eigenvalue weighted by Gasteiger charge is 2.19. The van der Waals surface area contributed by atoms with Gasteiger partial charge in [0.2, 0.25) is 0 Å². The van der Waals surface area contributed by atoms with E-state index in [0.717, 1.165) is 43.6 Å². The summed E-state index contributed by atoms with van der Waals surface area (Å²) in [6.07, 6.45) is 4.55. The molecular formula is C16H24ClN3O. The van der Waals surface area contributed by atoms with Crippen molar-refractivity contribution in [2.24, 2.45) is 0 Å². The van der Waals surface area contributed by atoms with Crippen LogP contribution in [0.3, 0.4) is 0 Å². The summed E-state index contributed by atoms with van der Waals surface area (Å²) >= 11 is 6.16. The van der Waals surface area contributed by atoms with E-state index in [1.165, 1.54) is 5.69 Å². The molecule has 2 heterocycles. The average molecular weight is 310 g/mol. The van der Waals surface area contributed by atoms with Crippen molar-refractivity contribution in [2.45, 2.75) is 52.6 Å². The summed E-state index contributed by atoms with van der Waals surface area (Å²) in [5.74, 6) is 0. The molecule has 0 bridgehead atoms. The molecule has 4 nitrogen and oxygen atoms in total. The molecule has 2 aromatic heterocycles. The van der Waals surface area contributed by atoms with Gasteiger partial charge in [0.1, 0.15) is 0 Å². The van der Waals surface area contributed by atoms with Crippen LogP contribution < -0.4 is 5.32 Å². The smallest absolute Gasteiger partial charge is 0.197 e. The van der Waals surface area contributed by atoms with Crippen molar-refractivity contribution in [1.29, 1.82) is 0 Å². The van der Waals surface area contributed by atoms with Crippen LogP contribution in [0.25, 0.3) is 0 Å². The lowest BCUT2D eigenvalue weighted by atomic mass is 10.0. The Labute approximate surface area is 131 Å². The zero-order valence-corrected chi connectivity index (χ0v) is 13.8. The molecule has 116 valence electrons. The summed E-state index contributed by atoms with van der Waals surface area (Å²) in [7, 11) is 0. The molecule has 0 radical (unpaired) electrons. The molecule has 2 aromatic rings. The molecule has 0 fully saturated rings. The third kappa shape index (κ3) is 3.89. The number of rotatable bonds is 8. The third-order valence-corrected chi connectivity index (χ3v) is 3.96. The zero-order chi connectivity index (χ0) is 15.2. The molecule has 0 aliphatic heterocycles. The molecule has 2 rings (SSSR count). The van der Waals surface area contributed by atoms with Gasteiger partial charge in [-0.15, -0.1) is 0 Å². The number of hydrogen-bond donors (Lipinski definition) is 1. The van der Waals surface area contributed by atoms with E-state index >= 15 is 0 Å². The van der Waals surface area contributed by atoms with Gasteiger partial charge < -0.3 is 9.73 Å². The van der Waals surface area contributed by atoms with Crippen LogP contribution in [0, 0.1) is 0 Å². The lowest BCUT2D eigenvalue weighted by Gasteiger charge is -2.18. The number of aryl methyl sites for hydroxylation is 2. The standard InChI is InChI=1S/C16H24ClN3O/c1-4-8-18-15(14-7-9-21-16(14)17)11-13-10-12(5-2)19-20(13)6-3/h7,9-10,15,18H,4-6,8,11H2,1-3H3. The first kappa shape index (κ1) is 16.1. The second kappa shape index (κ2) is 7.66. The summed E-state index contributed by atoms with van der Waals surface area (Å²) in [5, 5.41) is 8.64. The lowest BCUT2D eigenvalue weighted by Crippen LogP contribution is -2.25. The normalized spacial score (nSPS) is 12.8. The van der Waals surface area contributed by atoms with Gasteiger partial charge in [0.25, 0.3) is 0 Å². The second-order valence-corrected chi connectivity index (χ2v) is 5.50. The van der Waals surface area contributed by atoms with Crippen LogP contribution in [-0.2, 0) is 19.4 Å². The van der Waals surface area contributed by atoms with Crippen LogP contribution >= 0.6 is 11.6 Å². The van der Waals surface area contributed by atoms with Crippen LogP contribution in [0.4, 0.5) is 0 Å². The minimum Gasteiger partial charge on any atom is -0.453 e. The quantitative estimate of drug-likeness (QED) is 0.801. The van der Waals surface area contributed by atoms with Gasteiger partial charge >= 0.3 is 0 Å². The highest BCUT2D eigenvalue weighted by atomic mass is 35.5. The topological polar surface area (TPSA) is 43.0 Å². The molecule has 0 aliphatic carbocycles. The van der Waals surface area contributed by atoms with E-state index in [-0.39, 0.29) is 6.04 Å². The van der Waals surface area contributed by atoms with Gasteiger partial charge in [-0.25, -0.2) is 0 Å². The predicted octanol–water partition coefficient (Wildman–Crippen LogP) is 4.00. The van der Waals surface area contributed by atoms with E-state index in [0.29, 0.717) is 5.22 Å². The fraction of sp³-hybridized carbons (Fsp3) is 0.562. The number of nitrogens with one attached hydrogen (secondary N) is 1. The molecule has 0 saturated carbocycles. The first-order chi connectivity index (χ1) is 10.2. The molecule has 0 amide bonds. The van der Waals surface area contributed by atoms with Gasteiger partial charge in [0.15, 0.2) is 5.22 Å². The van der Waals surface area contributed by atoms with Crippen LogP contribution in [0.5, 0.6) is 0 Å².